The number of rotatable bonds is 4. The second-order valence-corrected chi connectivity index (χ2v) is 7.84. The Bertz CT molecular complexity index is 1200. The Hall–Kier alpha value is -2.97. The van der Waals surface area contributed by atoms with Gasteiger partial charge in [0.2, 0.25) is 5.43 Å². The second kappa shape index (κ2) is 8.28. The van der Waals surface area contributed by atoms with Gasteiger partial charge in [0.1, 0.15) is 11.4 Å². The molecule has 0 amide bonds. The zero-order valence-electron chi connectivity index (χ0n) is 16.6. The van der Waals surface area contributed by atoms with E-state index in [2.05, 4.69) is 10.3 Å². The van der Waals surface area contributed by atoms with Crippen LogP contribution in [0, 0.1) is 5.82 Å². The molecule has 9 heteroatoms. The fourth-order valence-electron chi connectivity index (χ4n) is 4.16. The average Bonchev–Trinajstić information content (AvgIpc) is 3.60. The van der Waals surface area contributed by atoms with Gasteiger partial charge < -0.3 is 19.9 Å². The van der Waals surface area contributed by atoms with Crippen molar-refractivity contribution in [1.82, 2.24) is 14.9 Å². The third-order valence-corrected chi connectivity index (χ3v) is 5.83. The Morgan fingerprint density at radius 2 is 2.06 bits per heavy atom. The maximum atomic E-state index is 15.1. The van der Waals surface area contributed by atoms with Gasteiger partial charge in [0.25, 0.3) is 0 Å². The molecule has 31 heavy (non-hydrogen) atoms. The van der Waals surface area contributed by atoms with Crippen LogP contribution in [-0.4, -0.2) is 40.3 Å². The molecule has 7 nitrogen and oxygen atoms in total. The van der Waals surface area contributed by atoms with Crippen molar-refractivity contribution in [3.8, 4) is 0 Å². The van der Waals surface area contributed by atoms with Crippen molar-refractivity contribution in [3.05, 3.63) is 70.0 Å². The maximum Gasteiger partial charge on any atom is 0.341 e. The Labute approximate surface area is 183 Å². The molecule has 2 fully saturated rings. The minimum absolute atomic E-state index is 0. The van der Waals surface area contributed by atoms with Crippen molar-refractivity contribution < 1.29 is 14.3 Å². The van der Waals surface area contributed by atoms with Gasteiger partial charge >= 0.3 is 5.97 Å². The summed E-state index contributed by atoms with van der Waals surface area (Å²) in [5.74, 6) is -1.81. The molecular weight excluding hydrogens is 423 g/mol. The van der Waals surface area contributed by atoms with Gasteiger partial charge in [-0.25, -0.2) is 9.18 Å². The molecule has 5 rings (SSSR count). The lowest BCUT2D eigenvalue weighted by Gasteiger charge is -2.35. The van der Waals surface area contributed by atoms with Crippen LogP contribution in [0.4, 0.5) is 10.1 Å². The zero-order valence-corrected chi connectivity index (χ0v) is 17.4. The molecule has 1 atom stereocenters. The van der Waals surface area contributed by atoms with Gasteiger partial charge in [-0.1, -0.05) is 6.07 Å². The molecular formula is C22H22ClFN4O3. The Morgan fingerprint density at radius 3 is 2.74 bits per heavy atom. The van der Waals surface area contributed by atoms with Crippen LogP contribution in [0.3, 0.4) is 0 Å². The van der Waals surface area contributed by atoms with Gasteiger partial charge in [-0.2, -0.15) is 0 Å². The normalized spacial score (nSPS) is 18.6. The Kier molecular flexibility index (Phi) is 5.68. The molecule has 1 saturated carbocycles. The third-order valence-electron chi connectivity index (χ3n) is 5.83. The SMILES string of the molecule is Cl.O=C(O)c1cn(C2CC2)c2cc(N3CCNC(c4ccccn4)C3)c(F)cc2c1=O. The fraction of sp³-hybridized carbons (Fsp3) is 0.318. The fourth-order valence-corrected chi connectivity index (χ4v) is 4.16. The number of hydrogen-bond acceptors (Lipinski definition) is 5. The van der Waals surface area contributed by atoms with E-state index in [0.29, 0.717) is 30.8 Å². The lowest BCUT2D eigenvalue weighted by Crippen LogP contribution is -2.46. The number of halogens is 2. The summed E-state index contributed by atoms with van der Waals surface area (Å²) in [6.07, 6.45) is 4.97. The molecule has 3 aromatic rings. The van der Waals surface area contributed by atoms with Crippen LogP contribution in [0.25, 0.3) is 10.9 Å². The average molecular weight is 445 g/mol. The second-order valence-electron chi connectivity index (χ2n) is 7.84. The number of aromatic nitrogens is 2. The van der Waals surface area contributed by atoms with Crippen LogP contribution in [0.5, 0.6) is 0 Å². The number of pyridine rings is 2. The number of hydrogen-bond donors (Lipinski definition) is 2. The molecule has 0 bridgehead atoms. The number of anilines is 1. The highest BCUT2D eigenvalue weighted by Gasteiger charge is 2.29. The van der Waals surface area contributed by atoms with Crippen molar-refractivity contribution in [2.45, 2.75) is 24.9 Å². The van der Waals surface area contributed by atoms with Crippen LogP contribution in [-0.2, 0) is 0 Å². The largest absolute Gasteiger partial charge is 0.477 e. The number of piperazine rings is 1. The number of carbonyl (C=O) groups is 1. The van der Waals surface area contributed by atoms with Gasteiger partial charge in [-0.15, -0.1) is 12.4 Å². The van der Waals surface area contributed by atoms with Crippen molar-refractivity contribution in [2.24, 2.45) is 0 Å². The van der Waals surface area contributed by atoms with Crippen molar-refractivity contribution in [1.29, 1.82) is 0 Å². The molecule has 0 radical (unpaired) electrons. The Morgan fingerprint density at radius 1 is 1.26 bits per heavy atom. The number of carboxylic acids is 1. The molecule has 1 saturated heterocycles. The molecule has 1 aromatic carbocycles. The van der Waals surface area contributed by atoms with E-state index in [1.54, 1.807) is 12.3 Å². The molecule has 2 aromatic heterocycles. The van der Waals surface area contributed by atoms with Crippen LogP contribution < -0.4 is 15.6 Å². The topological polar surface area (TPSA) is 87.5 Å². The van der Waals surface area contributed by atoms with Gasteiger partial charge in [0.15, 0.2) is 0 Å². The van der Waals surface area contributed by atoms with Crippen molar-refractivity contribution >= 4 is 35.0 Å². The first-order valence-electron chi connectivity index (χ1n) is 10.0. The monoisotopic (exact) mass is 444 g/mol. The summed E-state index contributed by atoms with van der Waals surface area (Å²) in [4.78, 5) is 30.5. The molecule has 162 valence electrons. The minimum Gasteiger partial charge on any atom is -0.477 e. The summed E-state index contributed by atoms with van der Waals surface area (Å²) < 4.78 is 16.9. The van der Waals surface area contributed by atoms with Gasteiger partial charge in [0, 0.05) is 43.5 Å². The zero-order chi connectivity index (χ0) is 20.8. The molecule has 1 aliphatic heterocycles. The quantitative estimate of drug-likeness (QED) is 0.642. The summed E-state index contributed by atoms with van der Waals surface area (Å²) in [7, 11) is 0. The van der Waals surface area contributed by atoms with Crippen molar-refractivity contribution in [2.75, 3.05) is 24.5 Å². The number of nitrogens with zero attached hydrogens (tertiary/aromatic N) is 3. The van der Waals surface area contributed by atoms with E-state index in [1.165, 1.54) is 12.3 Å². The van der Waals surface area contributed by atoms with E-state index in [-0.39, 0.29) is 35.4 Å². The standard InChI is InChI=1S/C22H21FN4O3.ClH/c23-16-9-14-19(27(13-4-5-13)11-15(21(14)28)22(29)30)10-20(16)26-8-7-25-18(12-26)17-3-1-2-6-24-17;/h1-3,6,9-11,13,18,25H,4-5,7-8,12H2,(H,29,30);1H. The maximum absolute atomic E-state index is 15.1. The summed E-state index contributed by atoms with van der Waals surface area (Å²) in [5.41, 5.74) is 0.925. The predicted octanol–water partition coefficient (Wildman–Crippen LogP) is 3.14. The summed E-state index contributed by atoms with van der Waals surface area (Å²) in [6.45, 7) is 1.83. The molecule has 1 unspecified atom stereocenters. The van der Waals surface area contributed by atoms with E-state index in [0.717, 1.165) is 18.5 Å². The van der Waals surface area contributed by atoms with Crippen molar-refractivity contribution in [3.63, 3.8) is 0 Å². The van der Waals surface area contributed by atoms with E-state index in [9.17, 15) is 14.7 Å². The number of fused-ring (bicyclic) bond motifs is 1. The predicted molar refractivity (Wildman–Crippen MR) is 118 cm³/mol. The van der Waals surface area contributed by atoms with Crippen LogP contribution in [0.15, 0.2) is 47.5 Å². The first kappa shape index (κ1) is 21.3. The van der Waals surface area contributed by atoms with Gasteiger partial charge in [-0.3, -0.25) is 9.78 Å². The van der Waals surface area contributed by atoms with Gasteiger partial charge in [0.05, 0.1) is 22.9 Å². The van der Waals surface area contributed by atoms with Crippen LogP contribution >= 0.6 is 12.4 Å². The van der Waals surface area contributed by atoms with E-state index < -0.39 is 17.2 Å². The lowest BCUT2D eigenvalue weighted by molar-refractivity contribution is 0.0695. The Balaban J connectivity index is 0.00000231. The van der Waals surface area contributed by atoms with E-state index in [4.69, 9.17) is 0 Å². The highest BCUT2D eigenvalue weighted by molar-refractivity contribution is 5.93. The highest BCUT2D eigenvalue weighted by Crippen LogP contribution is 2.38. The minimum atomic E-state index is -1.29. The third kappa shape index (κ3) is 3.88. The molecule has 0 spiro atoms. The lowest BCUT2D eigenvalue weighted by atomic mass is 10.1. The summed E-state index contributed by atoms with van der Waals surface area (Å²) in [5, 5.41) is 12.9. The summed E-state index contributed by atoms with van der Waals surface area (Å²) >= 11 is 0. The van der Waals surface area contributed by atoms with Crippen LogP contribution in [0.2, 0.25) is 0 Å². The number of carboxylic acid groups (broad SMARTS) is 1. The first-order valence-corrected chi connectivity index (χ1v) is 10.0. The molecule has 2 aliphatic rings. The smallest absolute Gasteiger partial charge is 0.341 e. The molecule has 1 aliphatic carbocycles. The first-order chi connectivity index (χ1) is 14.5. The molecule has 3 heterocycles. The summed E-state index contributed by atoms with van der Waals surface area (Å²) in [6, 6.07) is 8.72. The molecule has 2 N–H and O–H groups in total. The van der Waals surface area contributed by atoms with E-state index >= 15 is 4.39 Å². The number of benzene rings is 1. The number of aromatic carboxylic acids is 1. The van der Waals surface area contributed by atoms with E-state index in [1.807, 2.05) is 27.7 Å². The van der Waals surface area contributed by atoms with Gasteiger partial charge in [-0.05, 0) is 37.1 Å². The number of nitrogens with one attached hydrogen (secondary N) is 1. The highest BCUT2D eigenvalue weighted by atomic mass is 35.5. The van der Waals surface area contributed by atoms with Crippen LogP contribution in [0.1, 0.15) is 41.0 Å².